The van der Waals surface area contributed by atoms with Gasteiger partial charge in [-0.1, -0.05) is 5.92 Å². The van der Waals surface area contributed by atoms with E-state index in [1.54, 1.807) is 0 Å². The number of hydrogen-bond acceptors (Lipinski definition) is 2. The van der Waals surface area contributed by atoms with E-state index in [2.05, 4.69) is 11.2 Å². The molecule has 0 saturated heterocycles. The Kier molecular flexibility index (Phi) is 3.46. The van der Waals surface area contributed by atoms with Crippen molar-refractivity contribution in [3.8, 4) is 12.3 Å². The number of halogens is 2. The van der Waals surface area contributed by atoms with Crippen LogP contribution < -0.4 is 11.1 Å². The lowest BCUT2D eigenvalue weighted by molar-refractivity contribution is 0.0940. The number of carbonyl (C=O) groups is 1. The molecule has 16 heavy (non-hydrogen) atoms. The summed E-state index contributed by atoms with van der Waals surface area (Å²) in [6.45, 7) is 1.51. The molecule has 1 aromatic rings. The van der Waals surface area contributed by atoms with E-state index in [4.69, 9.17) is 12.2 Å². The molecule has 0 heterocycles. The summed E-state index contributed by atoms with van der Waals surface area (Å²) in [7, 11) is 0. The molecule has 1 amide bonds. The SMILES string of the molecule is C#CC(C)NC(=O)c1c(F)ccc(N)c1F. The van der Waals surface area contributed by atoms with Crippen molar-refractivity contribution in [3.05, 3.63) is 29.3 Å². The first kappa shape index (κ1) is 12.0. The van der Waals surface area contributed by atoms with Crippen molar-refractivity contribution in [2.75, 3.05) is 5.73 Å². The van der Waals surface area contributed by atoms with Crippen molar-refractivity contribution < 1.29 is 13.6 Å². The van der Waals surface area contributed by atoms with Crippen LogP contribution in [0.5, 0.6) is 0 Å². The van der Waals surface area contributed by atoms with Gasteiger partial charge in [-0.05, 0) is 19.1 Å². The fraction of sp³-hybridized carbons (Fsp3) is 0.182. The zero-order chi connectivity index (χ0) is 12.3. The minimum absolute atomic E-state index is 0.292. The first-order valence-corrected chi connectivity index (χ1v) is 4.47. The highest BCUT2D eigenvalue weighted by Gasteiger charge is 2.20. The minimum atomic E-state index is -1.08. The smallest absolute Gasteiger partial charge is 0.258 e. The summed E-state index contributed by atoms with van der Waals surface area (Å²) in [5.41, 5.74) is 4.22. The minimum Gasteiger partial charge on any atom is -0.396 e. The number of anilines is 1. The van der Waals surface area contributed by atoms with Gasteiger partial charge in [0.15, 0.2) is 5.82 Å². The molecule has 0 saturated carbocycles. The predicted octanol–water partition coefficient (Wildman–Crippen LogP) is 1.30. The van der Waals surface area contributed by atoms with Gasteiger partial charge in [0, 0.05) is 0 Å². The Morgan fingerprint density at radius 2 is 2.19 bits per heavy atom. The van der Waals surface area contributed by atoms with Gasteiger partial charge < -0.3 is 11.1 Å². The summed E-state index contributed by atoms with van der Waals surface area (Å²) in [6.07, 6.45) is 5.03. The highest BCUT2D eigenvalue weighted by atomic mass is 19.1. The van der Waals surface area contributed by atoms with Crippen LogP contribution in [-0.4, -0.2) is 11.9 Å². The van der Waals surface area contributed by atoms with Crippen LogP contribution in [0.3, 0.4) is 0 Å². The molecule has 3 N–H and O–H groups in total. The number of nitrogen functional groups attached to an aromatic ring is 1. The molecular formula is C11H10F2N2O. The molecule has 1 rings (SSSR count). The van der Waals surface area contributed by atoms with Crippen LogP contribution >= 0.6 is 0 Å². The van der Waals surface area contributed by atoms with E-state index >= 15 is 0 Å². The predicted molar refractivity (Wildman–Crippen MR) is 56.5 cm³/mol. The maximum Gasteiger partial charge on any atom is 0.258 e. The Morgan fingerprint density at radius 1 is 1.56 bits per heavy atom. The summed E-state index contributed by atoms with van der Waals surface area (Å²) in [4.78, 5) is 11.5. The third-order valence-electron chi connectivity index (χ3n) is 1.95. The molecule has 0 aliphatic rings. The summed E-state index contributed by atoms with van der Waals surface area (Å²) in [6, 6.07) is 1.35. The van der Waals surface area contributed by atoms with Crippen LogP contribution in [0.15, 0.2) is 12.1 Å². The number of nitrogens with one attached hydrogen (secondary N) is 1. The average Bonchev–Trinajstić information content (AvgIpc) is 2.24. The summed E-state index contributed by atoms with van der Waals surface area (Å²) in [5, 5.41) is 2.24. The quantitative estimate of drug-likeness (QED) is 0.587. The van der Waals surface area contributed by atoms with Crippen LogP contribution in [-0.2, 0) is 0 Å². The van der Waals surface area contributed by atoms with Crippen molar-refractivity contribution in [1.29, 1.82) is 0 Å². The maximum atomic E-state index is 13.4. The lowest BCUT2D eigenvalue weighted by atomic mass is 10.1. The lowest BCUT2D eigenvalue weighted by Gasteiger charge is -2.10. The summed E-state index contributed by atoms with van der Waals surface area (Å²) < 4.78 is 26.6. The Balaban J connectivity index is 3.09. The van der Waals surface area contributed by atoms with Crippen molar-refractivity contribution in [2.45, 2.75) is 13.0 Å². The molecule has 1 atom stereocenters. The summed E-state index contributed by atoms with van der Waals surface area (Å²) in [5.74, 6) is -0.772. The summed E-state index contributed by atoms with van der Waals surface area (Å²) >= 11 is 0. The van der Waals surface area contributed by atoms with Gasteiger partial charge in [-0.2, -0.15) is 0 Å². The van der Waals surface area contributed by atoms with Crippen LogP contribution in [0.2, 0.25) is 0 Å². The van der Waals surface area contributed by atoms with E-state index in [9.17, 15) is 13.6 Å². The molecule has 5 heteroatoms. The lowest BCUT2D eigenvalue weighted by Crippen LogP contribution is -2.32. The van der Waals surface area contributed by atoms with Crippen LogP contribution in [0.25, 0.3) is 0 Å². The van der Waals surface area contributed by atoms with E-state index < -0.39 is 29.1 Å². The van der Waals surface area contributed by atoms with Gasteiger partial charge in [0.2, 0.25) is 0 Å². The Morgan fingerprint density at radius 3 is 2.75 bits per heavy atom. The second kappa shape index (κ2) is 4.62. The molecule has 0 radical (unpaired) electrons. The number of amides is 1. The number of nitrogens with two attached hydrogens (primary N) is 1. The number of rotatable bonds is 2. The first-order chi connectivity index (χ1) is 7.47. The average molecular weight is 224 g/mol. The molecule has 3 nitrogen and oxygen atoms in total. The van der Waals surface area contributed by atoms with E-state index in [0.29, 0.717) is 0 Å². The van der Waals surface area contributed by atoms with Crippen LogP contribution in [0.1, 0.15) is 17.3 Å². The zero-order valence-corrected chi connectivity index (χ0v) is 8.55. The van der Waals surface area contributed by atoms with Gasteiger partial charge in [0.1, 0.15) is 11.4 Å². The van der Waals surface area contributed by atoms with Crippen LogP contribution in [0, 0.1) is 24.0 Å². The zero-order valence-electron chi connectivity index (χ0n) is 8.55. The standard InChI is InChI=1S/C11H10F2N2O/c1-3-6(2)15-11(16)9-7(12)4-5-8(14)10(9)13/h1,4-6H,14H2,2H3,(H,15,16). The van der Waals surface area contributed by atoms with E-state index in [1.165, 1.54) is 6.92 Å². The second-order valence-electron chi connectivity index (χ2n) is 3.19. The molecule has 0 bridgehead atoms. The topological polar surface area (TPSA) is 55.1 Å². The number of carbonyl (C=O) groups excluding carboxylic acids is 1. The maximum absolute atomic E-state index is 13.4. The molecular weight excluding hydrogens is 214 g/mol. The molecule has 1 unspecified atom stereocenters. The molecule has 0 fully saturated rings. The van der Waals surface area contributed by atoms with Gasteiger partial charge in [-0.3, -0.25) is 4.79 Å². The monoisotopic (exact) mass is 224 g/mol. The molecule has 0 aromatic heterocycles. The van der Waals surface area contributed by atoms with Gasteiger partial charge in [-0.15, -0.1) is 6.42 Å². The van der Waals surface area contributed by atoms with Crippen molar-refractivity contribution in [1.82, 2.24) is 5.32 Å². The molecule has 0 aliphatic heterocycles. The number of terminal acetylenes is 1. The second-order valence-corrected chi connectivity index (χ2v) is 3.19. The third-order valence-corrected chi connectivity index (χ3v) is 1.95. The van der Waals surface area contributed by atoms with E-state index in [1.807, 2.05) is 0 Å². The number of hydrogen-bond donors (Lipinski definition) is 2. The van der Waals surface area contributed by atoms with E-state index in [-0.39, 0.29) is 5.69 Å². The Bertz CT molecular complexity index is 466. The Labute approximate surface area is 91.6 Å². The number of benzene rings is 1. The van der Waals surface area contributed by atoms with Gasteiger partial charge in [0.05, 0.1) is 11.7 Å². The van der Waals surface area contributed by atoms with Gasteiger partial charge in [-0.25, -0.2) is 8.78 Å². The van der Waals surface area contributed by atoms with Crippen LogP contribution in [0.4, 0.5) is 14.5 Å². The Hall–Kier alpha value is -2.09. The molecule has 1 aromatic carbocycles. The van der Waals surface area contributed by atoms with Gasteiger partial charge in [0.25, 0.3) is 5.91 Å². The normalized spacial score (nSPS) is 11.6. The highest BCUT2D eigenvalue weighted by molar-refractivity contribution is 5.96. The van der Waals surface area contributed by atoms with Crippen molar-refractivity contribution in [2.24, 2.45) is 0 Å². The third kappa shape index (κ3) is 2.28. The molecule has 0 aliphatic carbocycles. The van der Waals surface area contributed by atoms with Gasteiger partial charge >= 0.3 is 0 Å². The molecule has 0 spiro atoms. The first-order valence-electron chi connectivity index (χ1n) is 4.47. The fourth-order valence-electron chi connectivity index (χ4n) is 1.09. The highest BCUT2D eigenvalue weighted by Crippen LogP contribution is 2.18. The van der Waals surface area contributed by atoms with E-state index in [0.717, 1.165) is 12.1 Å². The fourth-order valence-corrected chi connectivity index (χ4v) is 1.09. The van der Waals surface area contributed by atoms with Crippen molar-refractivity contribution in [3.63, 3.8) is 0 Å². The molecule has 84 valence electrons. The largest absolute Gasteiger partial charge is 0.396 e. The van der Waals surface area contributed by atoms with Crippen molar-refractivity contribution >= 4 is 11.6 Å².